The molecule has 0 heterocycles. The summed E-state index contributed by atoms with van der Waals surface area (Å²) < 4.78 is 36.0. The fourth-order valence-corrected chi connectivity index (χ4v) is 3.00. The Morgan fingerprint density at radius 2 is 1.94 bits per heavy atom. The van der Waals surface area contributed by atoms with E-state index in [-0.39, 0.29) is 23.1 Å². The normalized spacial score (nSPS) is 13.5. The molecular formula is C22H24F2N4O3. The van der Waals surface area contributed by atoms with Gasteiger partial charge in [0.15, 0.2) is 0 Å². The van der Waals surface area contributed by atoms with E-state index in [0.717, 1.165) is 18.4 Å². The molecule has 2 aromatic rings. The highest BCUT2D eigenvalue weighted by Crippen LogP contribution is 2.37. The van der Waals surface area contributed by atoms with E-state index >= 15 is 0 Å². The van der Waals surface area contributed by atoms with Crippen molar-refractivity contribution < 1.29 is 23.0 Å². The highest BCUT2D eigenvalue weighted by atomic mass is 19.3. The van der Waals surface area contributed by atoms with E-state index in [1.165, 1.54) is 19.2 Å². The SMILES string of the molecule is [C-]#[N+]C(C)(C)c1ccc(Nc2cc(OC)c(C(=O)NC3CC3)c(OC(F)F)c2)c(N)c1. The minimum Gasteiger partial charge on any atom is -0.496 e. The number of benzene rings is 2. The Morgan fingerprint density at radius 3 is 2.48 bits per heavy atom. The molecule has 0 spiro atoms. The average molecular weight is 430 g/mol. The standard InChI is InChI=1S/C22H24F2N4O3/c1-22(2,26-3)12-5-8-16(15(25)9-12)27-14-10-17(30-4)19(18(11-14)31-21(23)24)20(29)28-13-6-7-13/h5,8-11,13,21,27H,6-7,25H2,1-2,4H3,(H,28,29). The van der Waals surface area contributed by atoms with Gasteiger partial charge >= 0.3 is 6.61 Å². The Hall–Kier alpha value is -3.54. The molecule has 1 aliphatic rings. The number of rotatable bonds is 8. The quantitative estimate of drug-likeness (QED) is 0.418. The molecule has 1 amide bonds. The molecule has 1 saturated carbocycles. The molecule has 164 valence electrons. The molecule has 3 rings (SSSR count). The van der Waals surface area contributed by atoms with Crippen LogP contribution in [0.4, 0.5) is 25.8 Å². The van der Waals surface area contributed by atoms with E-state index in [1.54, 1.807) is 32.0 Å². The maximum atomic E-state index is 13.0. The van der Waals surface area contributed by atoms with E-state index in [0.29, 0.717) is 17.1 Å². The van der Waals surface area contributed by atoms with Crippen molar-refractivity contribution in [2.75, 3.05) is 18.2 Å². The molecule has 31 heavy (non-hydrogen) atoms. The second-order valence-electron chi connectivity index (χ2n) is 7.78. The van der Waals surface area contributed by atoms with Gasteiger partial charge < -0.3 is 30.7 Å². The molecule has 7 nitrogen and oxygen atoms in total. The van der Waals surface area contributed by atoms with Gasteiger partial charge in [0.1, 0.15) is 17.1 Å². The number of anilines is 3. The van der Waals surface area contributed by atoms with Crippen LogP contribution in [0, 0.1) is 6.57 Å². The Labute approximate surface area is 179 Å². The molecular weight excluding hydrogens is 406 g/mol. The van der Waals surface area contributed by atoms with Crippen LogP contribution in [0.3, 0.4) is 0 Å². The number of halogens is 2. The van der Waals surface area contributed by atoms with E-state index < -0.39 is 18.1 Å². The molecule has 0 saturated heterocycles. The lowest BCUT2D eigenvalue weighted by Crippen LogP contribution is -2.26. The second-order valence-corrected chi connectivity index (χ2v) is 7.78. The number of nitrogens with two attached hydrogens (primary N) is 1. The van der Waals surface area contributed by atoms with Gasteiger partial charge in [0.25, 0.3) is 11.4 Å². The maximum absolute atomic E-state index is 13.0. The Kier molecular flexibility index (Phi) is 6.20. The van der Waals surface area contributed by atoms with Crippen LogP contribution < -0.4 is 25.8 Å². The molecule has 2 aromatic carbocycles. The molecule has 4 N–H and O–H groups in total. The van der Waals surface area contributed by atoms with Crippen LogP contribution in [-0.2, 0) is 5.54 Å². The van der Waals surface area contributed by atoms with Gasteiger partial charge in [-0.05, 0) is 31.0 Å². The number of hydrogen-bond donors (Lipinski definition) is 3. The number of amides is 1. The number of hydrogen-bond acceptors (Lipinski definition) is 5. The highest BCUT2D eigenvalue weighted by molar-refractivity contribution is 6.01. The number of carbonyl (C=O) groups excluding carboxylic acids is 1. The predicted octanol–water partition coefficient (Wildman–Crippen LogP) is 4.67. The van der Waals surface area contributed by atoms with Crippen LogP contribution in [0.2, 0.25) is 0 Å². The summed E-state index contributed by atoms with van der Waals surface area (Å²) in [7, 11) is 1.34. The smallest absolute Gasteiger partial charge is 0.387 e. The summed E-state index contributed by atoms with van der Waals surface area (Å²) in [4.78, 5) is 16.2. The third-order valence-corrected chi connectivity index (χ3v) is 4.96. The van der Waals surface area contributed by atoms with Crippen LogP contribution in [0.1, 0.15) is 42.6 Å². The number of alkyl halides is 2. The van der Waals surface area contributed by atoms with Crippen LogP contribution in [0.25, 0.3) is 4.85 Å². The molecule has 0 bridgehead atoms. The number of ether oxygens (including phenoxy) is 2. The summed E-state index contributed by atoms with van der Waals surface area (Å²) in [5, 5.41) is 5.79. The number of nitrogen functional groups attached to an aromatic ring is 1. The monoisotopic (exact) mass is 430 g/mol. The Balaban J connectivity index is 1.96. The molecule has 9 heteroatoms. The fraction of sp³-hybridized carbons (Fsp3) is 0.364. The maximum Gasteiger partial charge on any atom is 0.387 e. The molecule has 1 fully saturated rings. The van der Waals surface area contributed by atoms with Crippen molar-refractivity contribution in [3.05, 3.63) is 52.9 Å². The third kappa shape index (κ3) is 5.15. The first-order valence-electron chi connectivity index (χ1n) is 9.68. The number of methoxy groups -OCH3 is 1. The molecule has 0 radical (unpaired) electrons. The lowest BCUT2D eigenvalue weighted by molar-refractivity contribution is -0.0502. The van der Waals surface area contributed by atoms with Crippen LogP contribution in [0.5, 0.6) is 11.5 Å². The van der Waals surface area contributed by atoms with Gasteiger partial charge in [-0.15, -0.1) is 0 Å². The number of carbonyl (C=O) groups is 1. The zero-order valence-corrected chi connectivity index (χ0v) is 17.5. The largest absolute Gasteiger partial charge is 0.496 e. The number of nitrogens with zero attached hydrogens (tertiary/aromatic N) is 1. The molecule has 0 aromatic heterocycles. The van der Waals surface area contributed by atoms with Gasteiger partial charge in [0.2, 0.25) is 0 Å². The molecule has 0 aliphatic heterocycles. The summed E-state index contributed by atoms with van der Waals surface area (Å²) in [6.07, 6.45) is 1.69. The van der Waals surface area contributed by atoms with Crippen LogP contribution >= 0.6 is 0 Å². The van der Waals surface area contributed by atoms with E-state index in [4.69, 9.17) is 17.0 Å². The van der Waals surface area contributed by atoms with Crippen molar-refractivity contribution in [2.24, 2.45) is 0 Å². The Morgan fingerprint density at radius 1 is 1.26 bits per heavy atom. The lowest BCUT2D eigenvalue weighted by atomic mass is 9.94. The first-order chi connectivity index (χ1) is 14.6. The minimum atomic E-state index is -3.12. The van der Waals surface area contributed by atoms with Crippen molar-refractivity contribution in [2.45, 2.75) is 44.9 Å². The minimum absolute atomic E-state index is 0.0347. The van der Waals surface area contributed by atoms with E-state index in [2.05, 4.69) is 20.2 Å². The first kappa shape index (κ1) is 22.2. The van der Waals surface area contributed by atoms with Crippen molar-refractivity contribution in [3.8, 4) is 11.5 Å². The van der Waals surface area contributed by atoms with E-state index in [1.807, 2.05) is 0 Å². The van der Waals surface area contributed by atoms with Crippen molar-refractivity contribution in [3.63, 3.8) is 0 Å². The topological polar surface area (TPSA) is 90.0 Å². The highest BCUT2D eigenvalue weighted by Gasteiger charge is 2.29. The predicted molar refractivity (Wildman–Crippen MR) is 114 cm³/mol. The summed E-state index contributed by atoms with van der Waals surface area (Å²) in [5.41, 5.74) is 7.28. The first-order valence-corrected chi connectivity index (χ1v) is 9.68. The van der Waals surface area contributed by atoms with Gasteiger partial charge in [0.05, 0.1) is 18.5 Å². The van der Waals surface area contributed by atoms with Crippen molar-refractivity contribution >= 4 is 23.0 Å². The fourth-order valence-electron chi connectivity index (χ4n) is 3.00. The lowest BCUT2D eigenvalue weighted by Gasteiger charge is -2.18. The molecule has 0 unspecified atom stereocenters. The zero-order chi connectivity index (χ0) is 22.8. The third-order valence-electron chi connectivity index (χ3n) is 4.96. The van der Waals surface area contributed by atoms with Gasteiger partial charge in [-0.2, -0.15) is 8.78 Å². The summed E-state index contributed by atoms with van der Waals surface area (Å²) in [6, 6.07) is 8.00. The number of nitrogens with one attached hydrogen (secondary N) is 2. The van der Waals surface area contributed by atoms with E-state index in [9.17, 15) is 13.6 Å². The van der Waals surface area contributed by atoms with Crippen LogP contribution in [0.15, 0.2) is 30.3 Å². The van der Waals surface area contributed by atoms with Crippen molar-refractivity contribution in [1.29, 1.82) is 0 Å². The molecule has 0 atom stereocenters. The molecule has 1 aliphatic carbocycles. The van der Waals surface area contributed by atoms with Gasteiger partial charge in [-0.3, -0.25) is 4.79 Å². The average Bonchev–Trinajstić information content (AvgIpc) is 3.52. The van der Waals surface area contributed by atoms with Gasteiger partial charge in [-0.1, -0.05) is 0 Å². The summed E-state index contributed by atoms with van der Waals surface area (Å²) in [5.74, 6) is -0.755. The van der Waals surface area contributed by atoms with Gasteiger partial charge in [-0.25, -0.2) is 6.57 Å². The summed E-state index contributed by atoms with van der Waals surface area (Å²) in [6.45, 7) is 7.77. The summed E-state index contributed by atoms with van der Waals surface area (Å²) >= 11 is 0. The Bertz CT molecular complexity index is 1030. The second kappa shape index (κ2) is 8.68. The van der Waals surface area contributed by atoms with Crippen molar-refractivity contribution in [1.82, 2.24) is 5.32 Å². The van der Waals surface area contributed by atoms with Gasteiger partial charge in [0, 0.05) is 43.3 Å². The zero-order valence-electron chi connectivity index (χ0n) is 17.5. The van der Waals surface area contributed by atoms with Crippen LogP contribution in [-0.4, -0.2) is 25.7 Å².